The molecule has 0 aliphatic heterocycles. The van der Waals surface area contributed by atoms with Gasteiger partial charge in [0.1, 0.15) is 6.10 Å². The number of rotatable bonds is 7. The lowest BCUT2D eigenvalue weighted by molar-refractivity contribution is -0.133. The molecular weight excluding hydrogens is 302 g/mol. The van der Waals surface area contributed by atoms with E-state index in [0.29, 0.717) is 12.1 Å². The molecule has 6 heteroatoms. The molecule has 0 fully saturated rings. The van der Waals surface area contributed by atoms with Crippen molar-refractivity contribution in [3.05, 3.63) is 35.9 Å². The van der Waals surface area contributed by atoms with Gasteiger partial charge in [0.05, 0.1) is 0 Å². The summed E-state index contributed by atoms with van der Waals surface area (Å²) in [6.07, 6.45) is 3.28. The fourth-order valence-electron chi connectivity index (χ4n) is 1.89. The number of anilines is 1. The van der Waals surface area contributed by atoms with Gasteiger partial charge in [0.2, 0.25) is 0 Å². The topological polar surface area (TPSA) is 75.6 Å². The maximum absolute atomic E-state index is 11.8. The number of nitrogens with one attached hydrogen (secondary N) is 1. The average molecular weight is 323 g/mol. The lowest BCUT2D eigenvalue weighted by Gasteiger charge is -2.14. The lowest BCUT2D eigenvalue weighted by Crippen LogP contribution is -2.21. The Kier molecular flexibility index (Phi) is 7.52. The van der Waals surface area contributed by atoms with Gasteiger partial charge in [-0.15, -0.1) is 11.8 Å². The molecule has 2 N–H and O–H groups in total. The van der Waals surface area contributed by atoms with Crippen LogP contribution in [-0.2, 0) is 9.53 Å². The molecule has 0 aliphatic carbocycles. The van der Waals surface area contributed by atoms with E-state index in [0.717, 1.165) is 4.90 Å². The van der Waals surface area contributed by atoms with Crippen molar-refractivity contribution in [3.63, 3.8) is 0 Å². The first-order valence-electron chi connectivity index (χ1n) is 7.00. The Bertz CT molecular complexity index is 557. The predicted molar refractivity (Wildman–Crippen MR) is 88.4 cm³/mol. The molecule has 0 heterocycles. The molecular formula is C16H21NO4S. The summed E-state index contributed by atoms with van der Waals surface area (Å²) in [6.45, 7) is 3.53. The highest BCUT2D eigenvalue weighted by atomic mass is 32.2. The fraction of sp³-hybridized carbons (Fsp3) is 0.375. The molecule has 0 radical (unpaired) electrons. The number of carboxylic acid groups (broad SMARTS) is 1. The van der Waals surface area contributed by atoms with Crippen molar-refractivity contribution < 1.29 is 19.4 Å². The van der Waals surface area contributed by atoms with Gasteiger partial charge in [0.25, 0.3) is 0 Å². The number of benzene rings is 1. The van der Waals surface area contributed by atoms with Gasteiger partial charge in [-0.1, -0.05) is 19.1 Å². The maximum atomic E-state index is 11.8. The lowest BCUT2D eigenvalue weighted by atomic mass is 10.1. The van der Waals surface area contributed by atoms with Crippen molar-refractivity contribution in [2.24, 2.45) is 0 Å². The van der Waals surface area contributed by atoms with E-state index in [1.165, 1.54) is 0 Å². The van der Waals surface area contributed by atoms with E-state index in [1.807, 2.05) is 31.4 Å². The van der Waals surface area contributed by atoms with E-state index in [9.17, 15) is 9.59 Å². The van der Waals surface area contributed by atoms with Crippen molar-refractivity contribution in [1.29, 1.82) is 0 Å². The van der Waals surface area contributed by atoms with Gasteiger partial charge in [0.15, 0.2) is 0 Å². The number of hydrogen-bond donors (Lipinski definition) is 2. The number of hydrogen-bond acceptors (Lipinski definition) is 4. The molecule has 0 aromatic heterocycles. The highest BCUT2D eigenvalue weighted by Crippen LogP contribution is 2.19. The Balaban J connectivity index is 2.56. The summed E-state index contributed by atoms with van der Waals surface area (Å²) in [6, 6.07) is 7.40. The first-order chi connectivity index (χ1) is 10.5. The highest BCUT2D eigenvalue weighted by molar-refractivity contribution is 7.98. The number of amides is 1. The van der Waals surface area contributed by atoms with Crippen LogP contribution < -0.4 is 5.32 Å². The van der Waals surface area contributed by atoms with Crippen molar-refractivity contribution in [2.45, 2.75) is 37.7 Å². The minimum atomic E-state index is -0.981. The largest absolute Gasteiger partial charge is 0.478 e. The zero-order chi connectivity index (χ0) is 16.5. The Morgan fingerprint density at radius 2 is 2.18 bits per heavy atom. The molecule has 120 valence electrons. The van der Waals surface area contributed by atoms with E-state index >= 15 is 0 Å². The smallest absolute Gasteiger partial charge is 0.411 e. The van der Waals surface area contributed by atoms with Gasteiger partial charge < -0.3 is 9.84 Å². The van der Waals surface area contributed by atoms with Crippen molar-refractivity contribution in [1.82, 2.24) is 0 Å². The van der Waals surface area contributed by atoms with Crippen molar-refractivity contribution in [2.75, 3.05) is 11.6 Å². The second-order valence-electron chi connectivity index (χ2n) is 4.72. The summed E-state index contributed by atoms with van der Waals surface area (Å²) in [5, 5.41) is 11.7. The van der Waals surface area contributed by atoms with Gasteiger partial charge in [-0.3, -0.25) is 5.32 Å². The van der Waals surface area contributed by atoms with Gasteiger partial charge in [-0.05, 0) is 37.8 Å². The van der Waals surface area contributed by atoms with Crippen LogP contribution in [0.1, 0.15) is 26.7 Å². The van der Waals surface area contributed by atoms with Crippen LogP contribution in [0.4, 0.5) is 10.5 Å². The number of allylic oxidation sites excluding steroid dienone is 1. The first-order valence-corrected chi connectivity index (χ1v) is 8.22. The Morgan fingerprint density at radius 3 is 2.77 bits per heavy atom. The SMILES string of the molecule is CC/C=C(/CC(C)OC(=O)Nc1cccc(SC)c1)C(=O)O. The standard InChI is InChI=1S/C16H21NO4S/c1-4-6-12(15(18)19)9-11(2)21-16(20)17-13-7-5-8-14(10-13)22-3/h5-8,10-11H,4,9H2,1-3H3,(H,17,20)(H,18,19)/b12-6-. The third kappa shape index (κ3) is 6.22. The summed E-state index contributed by atoms with van der Waals surface area (Å²) in [5.41, 5.74) is 0.902. The zero-order valence-corrected chi connectivity index (χ0v) is 13.8. The Labute approximate surface area is 134 Å². The number of carbonyl (C=O) groups is 2. The molecule has 1 unspecified atom stereocenters. The molecule has 5 nitrogen and oxygen atoms in total. The minimum Gasteiger partial charge on any atom is -0.478 e. The quantitative estimate of drug-likeness (QED) is 0.582. The van der Waals surface area contributed by atoms with Crippen LogP contribution in [0, 0.1) is 0 Å². The minimum absolute atomic E-state index is 0.182. The van der Waals surface area contributed by atoms with E-state index < -0.39 is 18.2 Å². The van der Waals surface area contributed by atoms with Gasteiger partial charge in [-0.2, -0.15) is 0 Å². The molecule has 0 saturated carbocycles. The molecule has 1 rings (SSSR count). The van der Waals surface area contributed by atoms with Gasteiger partial charge >= 0.3 is 12.1 Å². The fourth-order valence-corrected chi connectivity index (χ4v) is 2.35. The molecule has 1 aromatic carbocycles. The molecule has 1 aromatic rings. The Hall–Kier alpha value is -1.95. The average Bonchev–Trinajstić information content (AvgIpc) is 2.46. The number of thioether (sulfide) groups is 1. The van der Waals surface area contributed by atoms with Crippen LogP contribution in [0.2, 0.25) is 0 Å². The van der Waals surface area contributed by atoms with Crippen LogP contribution >= 0.6 is 11.8 Å². The molecule has 1 atom stereocenters. The number of carbonyl (C=O) groups excluding carboxylic acids is 1. The summed E-state index contributed by atoms with van der Waals surface area (Å²) in [5.74, 6) is -0.981. The first kappa shape index (κ1) is 18.1. The van der Waals surface area contributed by atoms with Crippen molar-refractivity contribution in [3.8, 4) is 0 Å². The van der Waals surface area contributed by atoms with Gasteiger partial charge in [0, 0.05) is 22.6 Å². The molecule has 0 bridgehead atoms. The summed E-state index contributed by atoms with van der Waals surface area (Å²) < 4.78 is 5.19. The van der Waals surface area contributed by atoms with E-state index in [-0.39, 0.29) is 12.0 Å². The highest BCUT2D eigenvalue weighted by Gasteiger charge is 2.15. The summed E-state index contributed by atoms with van der Waals surface area (Å²) in [7, 11) is 0. The monoisotopic (exact) mass is 323 g/mol. The number of aliphatic carboxylic acids is 1. The normalized spacial score (nSPS) is 12.6. The Morgan fingerprint density at radius 1 is 1.45 bits per heavy atom. The predicted octanol–water partition coefficient (Wildman–Crippen LogP) is 4.16. The van der Waals surface area contributed by atoms with Gasteiger partial charge in [-0.25, -0.2) is 9.59 Å². The summed E-state index contributed by atoms with van der Waals surface area (Å²) >= 11 is 1.58. The van der Waals surface area contributed by atoms with Crippen LogP contribution in [0.5, 0.6) is 0 Å². The van der Waals surface area contributed by atoms with Crippen LogP contribution in [0.3, 0.4) is 0 Å². The third-order valence-electron chi connectivity index (χ3n) is 2.86. The van der Waals surface area contributed by atoms with E-state index in [1.54, 1.807) is 30.8 Å². The van der Waals surface area contributed by atoms with Crippen LogP contribution in [-0.4, -0.2) is 29.5 Å². The van der Waals surface area contributed by atoms with Crippen LogP contribution in [0.15, 0.2) is 40.8 Å². The molecule has 0 aliphatic rings. The second-order valence-corrected chi connectivity index (χ2v) is 5.60. The number of ether oxygens (including phenoxy) is 1. The second kappa shape index (κ2) is 9.15. The molecule has 0 spiro atoms. The van der Waals surface area contributed by atoms with E-state index in [2.05, 4.69) is 5.32 Å². The zero-order valence-electron chi connectivity index (χ0n) is 13.0. The van der Waals surface area contributed by atoms with Crippen LogP contribution in [0.25, 0.3) is 0 Å². The molecule has 1 amide bonds. The van der Waals surface area contributed by atoms with Crippen molar-refractivity contribution >= 4 is 29.5 Å². The summed E-state index contributed by atoms with van der Waals surface area (Å²) in [4.78, 5) is 23.9. The number of carboxylic acids is 1. The maximum Gasteiger partial charge on any atom is 0.411 e. The molecule has 22 heavy (non-hydrogen) atoms. The third-order valence-corrected chi connectivity index (χ3v) is 3.58. The van der Waals surface area contributed by atoms with E-state index in [4.69, 9.17) is 9.84 Å². The molecule has 0 saturated heterocycles.